The number of quaternary nitrogens is 2. The second-order valence-electron chi connectivity index (χ2n) is 7.80. The molecule has 28 heavy (non-hydrogen) atoms. The summed E-state index contributed by atoms with van der Waals surface area (Å²) in [6.07, 6.45) is 0. The first kappa shape index (κ1) is 22.5. The molecule has 1 saturated heterocycles. The number of nitrogens with one attached hydrogen (secondary N) is 3. The Bertz CT molecular complexity index is 675. The molecule has 2 amide bonds. The predicted molar refractivity (Wildman–Crippen MR) is 109 cm³/mol. The summed E-state index contributed by atoms with van der Waals surface area (Å²) in [4.78, 5) is 28.8. The third kappa shape index (κ3) is 6.96. The summed E-state index contributed by atoms with van der Waals surface area (Å²) in [7, 11) is 3.63. The molecule has 156 valence electrons. The smallest absolute Gasteiger partial charge is 0.278 e. The summed E-state index contributed by atoms with van der Waals surface area (Å²) in [6.45, 7) is 8.46. The molecule has 0 aliphatic carbocycles. The summed E-state index contributed by atoms with van der Waals surface area (Å²) in [6, 6.07) is 5.70. The van der Waals surface area contributed by atoms with Crippen LogP contribution in [0.1, 0.15) is 19.4 Å². The Morgan fingerprint density at radius 1 is 1.32 bits per heavy atom. The Morgan fingerprint density at radius 3 is 2.61 bits per heavy atom. The molecule has 0 saturated carbocycles. The lowest BCUT2D eigenvalue weighted by Crippen LogP contribution is -3.16. The minimum absolute atomic E-state index is 0.0735. The van der Waals surface area contributed by atoms with Crippen molar-refractivity contribution in [2.75, 3.05) is 53.4 Å². The van der Waals surface area contributed by atoms with Crippen molar-refractivity contribution in [2.24, 2.45) is 0 Å². The number of amides is 2. The van der Waals surface area contributed by atoms with Crippen LogP contribution in [-0.4, -0.2) is 76.2 Å². The first-order valence-electron chi connectivity index (χ1n) is 9.83. The number of nitrogens with zero attached hydrogens (tertiary/aromatic N) is 1. The van der Waals surface area contributed by atoms with Crippen LogP contribution < -0.4 is 19.9 Å². The van der Waals surface area contributed by atoms with Crippen molar-refractivity contribution in [3.63, 3.8) is 0 Å². The van der Waals surface area contributed by atoms with E-state index in [0.717, 1.165) is 29.3 Å². The Balaban J connectivity index is 1.79. The number of benzene rings is 1. The average molecular weight is 413 g/mol. The highest BCUT2D eigenvalue weighted by Crippen LogP contribution is 2.21. The van der Waals surface area contributed by atoms with Gasteiger partial charge in [-0.05, 0) is 32.0 Å². The lowest BCUT2D eigenvalue weighted by molar-refractivity contribution is -0.897. The predicted octanol–water partition coefficient (Wildman–Crippen LogP) is -1.38. The lowest BCUT2D eigenvalue weighted by Gasteiger charge is -2.32. The normalized spacial score (nSPS) is 16.1. The van der Waals surface area contributed by atoms with Crippen molar-refractivity contribution < 1.29 is 24.1 Å². The first-order chi connectivity index (χ1) is 13.3. The number of hydrogen-bond acceptors (Lipinski definition) is 3. The lowest BCUT2D eigenvalue weighted by atomic mass is 10.2. The summed E-state index contributed by atoms with van der Waals surface area (Å²) in [5.41, 5.74) is 0.991. The molecule has 0 radical (unpaired) electrons. The van der Waals surface area contributed by atoms with Crippen LogP contribution in [0.15, 0.2) is 18.2 Å². The zero-order chi connectivity index (χ0) is 20.7. The zero-order valence-corrected chi connectivity index (χ0v) is 18.1. The van der Waals surface area contributed by atoms with Crippen LogP contribution in [0, 0.1) is 0 Å². The number of likely N-dealkylation sites (N-methyl/N-ethyl adjacent to an activating group) is 1. The van der Waals surface area contributed by atoms with Crippen molar-refractivity contribution in [2.45, 2.75) is 26.4 Å². The minimum Gasteiger partial charge on any atom is -0.496 e. The minimum atomic E-state index is 0.0735. The monoisotopic (exact) mass is 412 g/mol. The molecule has 1 aliphatic rings. The Morgan fingerprint density at radius 2 is 2.00 bits per heavy atom. The second kappa shape index (κ2) is 10.6. The molecule has 8 heteroatoms. The number of ether oxygens (including phenoxy) is 1. The summed E-state index contributed by atoms with van der Waals surface area (Å²) >= 11 is 6.09. The van der Waals surface area contributed by atoms with Gasteiger partial charge in [0.2, 0.25) is 0 Å². The van der Waals surface area contributed by atoms with E-state index >= 15 is 0 Å². The van der Waals surface area contributed by atoms with Gasteiger partial charge in [-0.2, -0.15) is 0 Å². The van der Waals surface area contributed by atoms with E-state index in [0.29, 0.717) is 37.7 Å². The average Bonchev–Trinajstić information content (AvgIpc) is 2.61. The van der Waals surface area contributed by atoms with E-state index in [-0.39, 0.29) is 17.9 Å². The van der Waals surface area contributed by atoms with Crippen molar-refractivity contribution in [1.29, 1.82) is 0 Å². The van der Waals surface area contributed by atoms with Crippen LogP contribution in [0.4, 0.5) is 0 Å². The standard InChI is InChI=1S/C20H31ClN4O3/c1-15(2)22-19(26)13-24-7-9-25(10-8-24)20(27)14-23(3)12-16-11-17(21)5-6-18(16)28-4/h5-6,11,15H,7-10,12-14H2,1-4H3,(H,22,26)/p+2. The van der Waals surface area contributed by atoms with Gasteiger partial charge in [-0.1, -0.05) is 11.6 Å². The highest BCUT2D eigenvalue weighted by atomic mass is 35.5. The fraction of sp³-hybridized carbons (Fsp3) is 0.600. The fourth-order valence-corrected chi connectivity index (χ4v) is 3.69. The molecule has 0 bridgehead atoms. The van der Waals surface area contributed by atoms with Crippen LogP contribution >= 0.6 is 11.6 Å². The van der Waals surface area contributed by atoms with Gasteiger partial charge >= 0.3 is 0 Å². The summed E-state index contributed by atoms with van der Waals surface area (Å²) in [5, 5.41) is 3.59. The van der Waals surface area contributed by atoms with E-state index in [2.05, 4.69) is 5.32 Å². The largest absolute Gasteiger partial charge is 0.496 e. The van der Waals surface area contributed by atoms with E-state index < -0.39 is 0 Å². The van der Waals surface area contributed by atoms with Gasteiger partial charge < -0.3 is 24.8 Å². The maximum atomic E-state index is 12.7. The SMILES string of the molecule is COc1ccc(Cl)cc1C[NH+](C)CC(=O)N1CC[NH+](CC(=O)NC(C)C)CC1. The molecule has 0 spiro atoms. The Hall–Kier alpha value is -1.83. The third-order valence-electron chi connectivity index (χ3n) is 4.87. The van der Waals surface area contributed by atoms with Crippen molar-refractivity contribution in [3.8, 4) is 5.75 Å². The number of carbonyl (C=O) groups is 2. The fourth-order valence-electron chi connectivity index (χ4n) is 3.49. The summed E-state index contributed by atoms with van der Waals surface area (Å²) < 4.78 is 5.39. The first-order valence-corrected chi connectivity index (χ1v) is 10.2. The number of hydrogen-bond donors (Lipinski definition) is 3. The molecule has 1 unspecified atom stereocenters. The van der Waals surface area contributed by atoms with Gasteiger partial charge in [0.15, 0.2) is 13.1 Å². The highest BCUT2D eigenvalue weighted by molar-refractivity contribution is 6.30. The molecule has 1 aliphatic heterocycles. The van der Waals surface area contributed by atoms with Gasteiger partial charge in [-0.3, -0.25) is 9.59 Å². The molecule has 1 aromatic rings. The van der Waals surface area contributed by atoms with E-state index in [4.69, 9.17) is 16.3 Å². The van der Waals surface area contributed by atoms with Gasteiger partial charge in [0.25, 0.3) is 11.8 Å². The van der Waals surface area contributed by atoms with Gasteiger partial charge in [0.1, 0.15) is 12.3 Å². The van der Waals surface area contributed by atoms with Crippen LogP contribution in [0.3, 0.4) is 0 Å². The highest BCUT2D eigenvalue weighted by Gasteiger charge is 2.27. The second-order valence-corrected chi connectivity index (χ2v) is 8.23. The van der Waals surface area contributed by atoms with Crippen molar-refractivity contribution >= 4 is 23.4 Å². The molecule has 1 aromatic carbocycles. The molecule has 1 fully saturated rings. The van der Waals surface area contributed by atoms with Crippen LogP contribution in [0.5, 0.6) is 5.75 Å². The van der Waals surface area contributed by atoms with Crippen molar-refractivity contribution in [3.05, 3.63) is 28.8 Å². The van der Waals surface area contributed by atoms with E-state index in [9.17, 15) is 9.59 Å². The van der Waals surface area contributed by atoms with Crippen LogP contribution in [-0.2, 0) is 16.1 Å². The quantitative estimate of drug-likeness (QED) is 0.493. The number of carbonyl (C=O) groups excluding carboxylic acids is 2. The number of piperazine rings is 1. The molecule has 1 atom stereocenters. The number of methoxy groups -OCH3 is 1. The van der Waals surface area contributed by atoms with E-state index in [1.165, 1.54) is 4.90 Å². The van der Waals surface area contributed by atoms with Crippen molar-refractivity contribution in [1.82, 2.24) is 10.2 Å². The molecule has 7 nitrogen and oxygen atoms in total. The number of halogens is 1. The van der Waals surface area contributed by atoms with E-state index in [1.54, 1.807) is 13.2 Å². The maximum Gasteiger partial charge on any atom is 0.278 e. The van der Waals surface area contributed by atoms with Gasteiger partial charge in [0, 0.05) is 16.6 Å². The van der Waals surface area contributed by atoms with Gasteiger partial charge in [-0.15, -0.1) is 0 Å². The molecular weight excluding hydrogens is 380 g/mol. The third-order valence-corrected chi connectivity index (χ3v) is 5.11. The van der Waals surface area contributed by atoms with E-state index in [1.807, 2.05) is 37.9 Å². The summed E-state index contributed by atoms with van der Waals surface area (Å²) in [5.74, 6) is 1.00. The molecular formula is C20H33ClN4O3+2. The molecule has 3 N–H and O–H groups in total. The molecule has 2 rings (SSSR count). The van der Waals surface area contributed by atoms with Crippen LogP contribution in [0.25, 0.3) is 0 Å². The maximum absolute atomic E-state index is 12.7. The number of rotatable bonds is 8. The van der Waals surface area contributed by atoms with Gasteiger partial charge in [0.05, 0.1) is 40.3 Å². The topological polar surface area (TPSA) is 67.5 Å². The van der Waals surface area contributed by atoms with Crippen LogP contribution in [0.2, 0.25) is 5.02 Å². The van der Waals surface area contributed by atoms with Gasteiger partial charge in [-0.25, -0.2) is 0 Å². The Kier molecular flexibility index (Phi) is 8.54. The molecule has 1 heterocycles. The Labute approximate surface area is 172 Å². The molecule has 0 aromatic heterocycles. The zero-order valence-electron chi connectivity index (χ0n) is 17.3.